The van der Waals surface area contributed by atoms with Gasteiger partial charge in [0, 0.05) is 10.0 Å². The molecule has 3 rings (SSSR count). The number of carbonyl (C=O) groups is 1. The zero-order valence-corrected chi connectivity index (χ0v) is 15.1. The third kappa shape index (κ3) is 3.77. The number of hydrogen-bond donors (Lipinski definition) is 0. The number of hydrogen-bond acceptors (Lipinski definition) is 5. The van der Waals surface area contributed by atoms with E-state index in [2.05, 4.69) is 26.1 Å². The van der Waals surface area contributed by atoms with Crippen molar-refractivity contribution in [1.29, 1.82) is 0 Å². The van der Waals surface area contributed by atoms with Crippen molar-refractivity contribution in [2.24, 2.45) is 0 Å². The molecule has 0 atom stereocenters. The molecule has 3 aromatic rings. The quantitative estimate of drug-likeness (QED) is 0.537. The topological polar surface area (TPSA) is 65.2 Å². The lowest BCUT2D eigenvalue weighted by Gasteiger charge is -2.05. The molecule has 0 aliphatic carbocycles. The fraction of sp³-hybridized carbons (Fsp3) is 0.0625. The number of ether oxygens (including phenoxy) is 1. The highest BCUT2D eigenvalue weighted by Crippen LogP contribution is 2.25. The Morgan fingerprint density at radius 3 is 2.42 bits per heavy atom. The number of carbonyl (C=O) groups excluding carboxylic acids is 1. The Morgan fingerprint density at radius 2 is 1.75 bits per heavy atom. The summed E-state index contributed by atoms with van der Waals surface area (Å²) in [5.74, 6) is -0.150. The third-order valence-corrected chi connectivity index (χ3v) is 4.21. The molecule has 0 aliphatic heterocycles. The zero-order chi connectivity index (χ0) is 17.1. The lowest BCUT2D eigenvalue weighted by atomic mass is 10.2. The maximum Gasteiger partial charge on any atom is 0.341 e. The van der Waals surface area contributed by atoms with Crippen LogP contribution in [0, 0.1) is 0 Å². The molecule has 0 bridgehead atoms. The first kappa shape index (κ1) is 17.0. The zero-order valence-electron chi connectivity index (χ0n) is 12.0. The second-order valence-electron chi connectivity index (χ2n) is 4.68. The van der Waals surface area contributed by atoms with E-state index in [0.29, 0.717) is 5.89 Å². The van der Waals surface area contributed by atoms with Crippen molar-refractivity contribution in [2.75, 3.05) is 0 Å². The van der Waals surface area contributed by atoms with Crippen LogP contribution in [0.5, 0.6) is 0 Å². The molecule has 0 saturated heterocycles. The first-order valence-electron chi connectivity index (χ1n) is 6.74. The maximum absolute atomic E-state index is 12.1. The second-order valence-corrected chi connectivity index (χ2v) is 6.41. The molecular weight excluding hydrogens is 419 g/mol. The van der Waals surface area contributed by atoms with Gasteiger partial charge < -0.3 is 9.15 Å². The number of aromatic nitrogens is 2. The van der Waals surface area contributed by atoms with Gasteiger partial charge in [-0.3, -0.25) is 0 Å². The summed E-state index contributed by atoms with van der Waals surface area (Å²) in [5, 5.41) is 8.21. The van der Waals surface area contributed by atoms with Crippen molar-refractivity contribution in [1.82, 2.24) is 10.2 Å². The highest BCUT2D eigenvalue weighted by atomic mass is 79.9. The molecule has 0 N–H and O–H groups in total. The SMILES string of the molecule is O=C(OCc1nnc(-c2ccc(Br)cc2)o1)c1c(Cl)cccc1Cl. The predicted molar refractivity (Wildman–Crippen MR) is 93.0 cm³/mol. The van der Waals surface area contributed by atoms with Crippen LogP contribution in [0.1, 0.15) is 16.2 Å². The molecular formula is C16H9BrCl2N2O3. The van der Waals surface area contributed by atoms with Crippen molar-refractivity contribution in [3.05, 3.63) is 68.4 Å². The molecule has 0 spiro atoms. The van der Waals surface area contributed by atoms with Crippen LogP contribution in [0.2, 0.25) is 10.0 Å². The molecule has 1 heterocycles. The molecule has 0 amide bonds. The van der Waals surface area contributed by atoms with Gasteiger partial charge in [0.15, 0.2) is 6.61 Å². The molecule has 5 nitrogen and oxygen atoms in total. The van der Waals surface area contributed by atoms with Crippen LogP contribution in [0.4, 0.5) is 0 Å². The first-order chi connectivity index (χ1) is 11.5. The van der Waals surface area contributed by atoms with Crippen molar-refractivity contribution in [3.63, 3.8) is 0 Å². The summed E-state index contributed by atoms with van der Waals surface area (Å²) in [6.07, 6.45) is 0. The van der Waals surface area contributed by atoms with Crippen LogP contribution in [-0.4, -0.2) is 16.2 Å². The molecule has 0 unspecified atom stereocenters. The lowest BCUT2D eigenvalue weighted by Crippen LogP contribution is -2.07. The fourth-order valence-electron chi connectivity index (χ4n) is 1.91. The normalized spacial score (nSPS) is 10.6. The van der Waals surface area contributed by atoms with Crippen LogP contribution in [0.15, 0.2) is 51.4 Å². The van der Waals surface area contributed by atoms with Gasteiger partial charge in [0.2, 0.25) is 5.89 Å². The summed E-state index contributed by atoms with van der Waals surface area (Å²) in [7, 11) is 0. The Balaban J connectivity index is 1.69. The average Bonchev–Trinajstić information content (AvgIpc) is 3.02. The van der Waals surface area contributed by atoms with Crippen molar-refractivity contribution < 1.29 is 13.9 Å². The van der Waals surface area contributed by atoms with Gasteiger partial charge in [0.1, 0.15) is 0 Å². The van der Waals surface area contributed by atoms with Crippen LogP contribution in [0.3, 0.4) is 0 Å². The minimum atomic E-state index is -0.658. The van der Waals surface area contributed by atoms with Crippen molar-refractivity contribution in [3.8, 4) is 11.5 Å². The Bertz CT molecular complexity index is 861. The summed E-state index contributed by atoms with van der Waals surface area (Å²) in [6.45, 7) is -0.177. The monoisotopic (exact) mass is 426 g/mol. The molecule has 24 heavy (non-hydrogen) atoms. The van der Waals surface area contributed by atoms with Gasteiger partial charge in [-0.2, -0.15) is 0 Å². The minimum absolute atomic E-state index is 0.105. The van der Waals surface area contributed by atoms with Gasteiger partial charge in [0.25, 0.3) is 5.89 Å². The van der Waals surface area contributed by atoms with E-state index in [4.69, 9.17) is 32.4 Å². The van der Waals surface area contributed by atoms with E-state index < -0.39 is 5.97 Å². The van der Waals surface area contributed by atoms with Gasteiger partial charge in [-0.25, -0.2) is 4.79 Å². The highest BCUT2D eigenvalue weighted by molar-refractivity contribution is 9.10. The maximum atomic E-state index is 12.1. The van der Waals surface area contributed by atoms with Gasteiger partial charge >= 0.3 is 5.97 Å². The number of halogens is 3. The summed E-state index contributed by atoms with van der Waals surface area (Å²) in [5.41, 5.74) is 0.867. The largest absolute Gasteiger partial charge is 0.452 e. The Morgan fingerprint density at radius 1 is 1.08 bits per heavy atom. The van der Waals surface area contributed by atoms with Crippen molar-refractivity contribution >= 4 is 45.1 Å². The molecule has 0 saturated carbocycles. The summed E-state index contributed by atoms with van der Waals surface area (Å²) in [4.78, 5) is 12.1. The van der Waals surface area contributed by atoms with Crippen LogP contribution in [0.25, 0.3) is 11.5 Å². The van der Waals surface area contributed by atoms with Gasteiger partial charge in [-0.15, -0.1) is 10.2 Å². The van der Waals surface area contributed by atoms with E-state index in [1.165, 1.54) is 0 Å². The second kappa shape index (κ2) is 7.34. The van der Waals surface area contributed by atoms with Crippen LogP contribution < -0.4 is 0 Å². The van der Waals surface area contributed by atoms with E-state index in [1.54, 1.807) is 18.2 Å². The molecule has 122 valence electrons. The Kier molecular flexibility index (Phi) is 5.18. The number of benzene rings is 2. The van der Waals surface area contributed by atoms with Gasteiger partial charge in [-0.05, 0) is 36.4 Å². The molecule has 0 fully saturated rings. The van der Waals surface area contributed by atoms with E-state index in [-0.39, 0.29) is 28.1 Å². The molecule has 8 heteroatoms. The number of esters is 1. The lowest BCUT2D eigenvalue weighted by molar-refractivity contribution is 0.0439. The standard InChI is InChI=1S/C16H9BrCl2N2O3/c17-10-6-4-9(5-7-10)15-21-20-13(24-15)8-23-16(22)14-11(18)2-1-3-12(14)19/h1-7H,8H2. The van der Waals surface area contributed by atoms with Gasteiger partial charge in [0.05, 0.1) is 15.6 Å². The molecule has 0 aliphatic rings. The van der Waals surface area contributed by atoms with Crippen molar-refractivity contribution in [2.45, 2.75) is 6.61 Å². The minimum Gasteiger partial charge on any atom is -0.452 e. The summed E-state index contributed by atoms with van der Waals surface area (Å²) >= 11 is 15.3. The first-order valence-corrected chi connectivity index (χ1v) is 8.29. The van der Waals surface area contributed by atoms with E-state index >= 15 is 0 Å². The van der Waals surface area contributed by atoms with Crippen LogP contribution in [-0.2, 0) is 11.3 Å². The van der Waals surface area contributed by atoms with E-state index in [9.17, 15) is 4.79 Å². The van der Waals surface area contributed by atoms with Gasteiger partial charge in [-0.1, -0.05) is 45.2 Å². The predicted octanol–water partition coefficient (Wildman–Crippen LogP) is 5.16. The average molecular weight is 428 g/mol. The Hall–Kier alpha value is -1.89. The number of rotatable bonds is 4. The van der Waals surface area contributed by atoms with E-state index in [1.807, 2.05) is 24.3 Å². The smallest absolute Gasteiger partial charge is 0.341 e. The van der Waals surface area contributed by atoms with E-state index in [0.717, 1.165) is 10.0 Å². The molecule has 0 radical (unpaired) electrons. The third-order valence-electron chi connectivity index (χ3n) is 3.05. The molecule has 1 aromatic heterocycles. The van der Waals surface area contributed by atoms with Crippen LogP contribution >= 0.6 is 39.1 Å². The Labute approximate surface area is 155 Å². The fourth-order valence-corrected chi connectivity index (χ4v) is 2.73. The highest BCUT2D eigenvalue weighted by Gasteiger charge is 2.17. The molecule has 2 aromatic carbocycles. The summed E-state index contributed by atoms with van der Waals surface area (Å²) in [6, 6.07) is 12.1. The number of nitrogens with zero attached hydrogens (tertiary/aromatic N) is 2. The summed E-state index contributed by atoms with van der Waals surface area (Å²) < 4.78 is 11.5.